The number of piperazine rings is 1. The third-order valence-corrected chi connectivity index (χ3v) is 7.01. The van der Waals surface area contributed by atoms with Crippen LogP contribution in [0.1, 0.15) is 15.9 Å². The van der Waals surface area contributed by atoms with E-state index < -0.39 is 0 Å². The van der Waals surface area contributed by atoms with E-state index in [0.717, 1.165) is 43.3 Å². The molecule has 0 bridgehead atoms. The quantitative estimate of drug-likeness (QED) is 0.313. The monoisotopic (exact) mass is 568 g/mol. The molecule has 1 aromatic heterocycles. The maximum Gasteiger partial charge on any atom is 0.255 e. The first kappa shape index (κ1) is 26.1. The van der Waals surface area contributed by atoms with Crippen LogP contribution in [0.15, 0.2) is 54.6 Å². The van der Waals surface area contributed by atoms with Crippen molar-refractivity contribution in [3.63, 3.8) is 0 Å². The first-order valence-electron chi connectivity index (χ1n) is 10.8. The molecule has 1 N–H and O–H groups in total. The molecule has 4 rings (SSSR count). The molecule has 3 aromatic rings. The topological polar surface area (TPSA) is 48.5 Å². The standard InChI is InChI=1S/C25H21Cl5N4O/c26-18-5-3-16(4-6-18)2-1-9-33-10-12-34(13-11-33)24-20(8-7-19(27)23(24)30)31-25(35)17-14-21(28)32-22(29)15-17/h1-8,14-15H,9-13H2,(H,31,35). The number of anilines is 2. The lowest BCUT2D eigenvalue weighted by Crippen LogP contribution is -2.46. The van der Waals surface area contributed by atoms with Crippen molar-refractivity contribution in [1.29, 1.82) is 0 Å². The molecule has 1 aliphatic heterocycles. The second kappa shape index (κ2) is 11.8. The van der Waals surface area contributed by atoms with Crippen molar-refractivity contribution < 1.29 is 4.79 Å². The van der Waals surface area contributed by atoms with Gasteiger partial charge in [-0.1, -0.05) is 82.3 Å². The Morgan fingerprint density at radius 3 is 2.23 bits per heavy atom. The van der Waals surface area contributed by atoms with Gasteiger partial charge in [-0.05, 0) is 42.0 Å². The number of carbonyl (C=O) groups excluding carboxylic acids is 1. The Morgan fingerprint density at radius 1 is 0.914 bits per heavy atom. The van der Waals surface area contributed by atoms with Crippen molar-refractivity contribution >= 4 is 81.4 Å². The van der Waals surface area contributed by atoms with Crippen molar-refractivity contribution in [1.82, 2.24) is 9.88 Å². The van der Waals surface area contributed by atoms with Gasteiger partial charge in [0, 0.05) is 43.3 Å². The highest BCUT2D eigenvalue weighted by Crippen LogP contribution is 2.39. The lowest BCUT2D eigenvalue weighted by Gasteiger charge is -2.37. The lowest BCUT2D eigenvalue weighted by molar-refractivity contribution is 0.102. The van der Waals surface area contributed by atoms with Crippen molar-refractivity contribution in [2.45, 2.75) is 0 Å². The van der Waals surface area contributed by atoms with Gasteiger partial charge in [0.05, 0.1) is 21.4 Å². The molecule has 5 nitrogen and oxygen atoms in total. The largest absolute Gasteiger partial charge is 0.366 e. The van der Waals surface area contributed by atoms with Gasteiger partial charge in [-0.3, -0.25) is 9.69 Å². The van der Waals surface area contributed by atoms with E-state index in [9.17, 15) is 4.79 Å². The molecule has 0 aliphatic carbocycles. The van der Waals surface area contributed by atoms with Gasteiger partial charge in [0.2, 0.25) is 0 Å². The van der Waals surface area contributed by atoms with E-state index in [0.29, 0.717) is 27.0 Å². The Balaban J connectivity index is 1.43. The highest BCUT2D eigenvalue weighted by atomic mass is 35.5. The van der Waals surface area contributed by atoms with Crippen LogP contribution in [0.25, 0.3) is 6.08 Å². The van der Waals surface area contributed by atoms with Crippen molar-refractivity contribution in [2.75, 3.05) is 42.9 Å². The Morgan fingerprint density at radius 2 is 1.57 bits per heavy atom. The summed E-state index contributed by atoms with van der Waals surface area (Å²) < 4.78 is 0. The van der Waals surface area contributed by atoms with E-state index in [-0.39, 0.29) is 16.2 Å². The molecule has 0 saturated carbocycles. The minimum atomic E-state index is -0.373. The molecule has 1 fully saturated rings. The zero-order valence-electron chi connectivity index (χ0n) is 18.4. The normalized spacial score (nSPS) is 14.5. The van der Waals surface area contributed by atoms with E-state index in [4.69, 9.17) is 58.0 Å². The van der Waals surface area contributed by atoms with Gasteiger partial charge in [-0.2, -0.15) is 0 Å². The number of hydrogen-bond donors (Lipinski definition) is 1. The molecule has 182 valence electrons. The van der Waals surface area contributed by atoms with Gasteiger partial charge in [-0.25, -0.2) is 4.98 Å². The van der Waals surface area contributed by atoms with Crippen LogP contribution in [0.3, 0.4) is 0 Å². The molecular weight excluding hydrogens is 550 g/mol. The maximum absolute atomic E-state index is 12.9. The summed E-state index contributed by atoms with van der Waals surface area (Å²) in [7, 11) is 0. The Bertz CT molecular complexity index is 1220. The van der Waals surface area contributed by atoms with Gasteiger partial charge in [0.1, 0.15) is 10.3 Å². The molecule has 2 aromatic carbocycles. The Kier molecular flexibility index (Phi) is 8.82. The lowest BCUT2D eigenvalue weighted by atomic mass is 10.2. The van der Waals surface area contributed by atoms with Crippen LogP contribution in [-0.2, 0) is 0 Å². The highest BCUT2D eigenvalue weighted by Gasteiger charge is 2.23. The Hall–Kier alpha value is -1.99. The van der Waals surface area contributed by atoms with Gasteiger partial charge in [0.15, 0.2) is 0 Å². The summed E-state index contributed by atoms with van der Waals surface area (Å²) in [5.74, 6) is -0.373. The number of aromatic nitrogens is 1. The molecule has 0 spiro atoms. The summed E-state index contributed by atoms with van der Waals surface area (Å²) in [4.78, 5) is 21.2. The molecule has 10 heteroatoms. The molecule has 0 unspecified atom stereocenters. The summed E-state index contributed by atoms with van der Waals surface area (Å²) in [6, 6.07) is 14.0. The van der Waals surface area contributed by atoms with E-state index in [1.54, 1.807) is 12.1 Å². The molecule has 0 atom stereocenters. The van der Waals surface area contributed by atoms with Crippen LogP contribution in [-0.4, -0.2) is 48.5 Å². The first-order chi connectivity index (χ1) is 16.8. The summed E-state index contributed by atoms with van der Waals surface area (Å²) in [6.45, 7) is 3.94. The van der Waals surface area contributed by atoms with Crippen LogP contribution >= 0.6 is 58.0 Å². The molecule has 35 heavy (non-hydrogen) atoms. The smallest absolute Gasteiger partial charge is 0.255 e. The zero-order valence-corrected chi connectivity index (χ0v) is 22.2. The van der Waals surface area contributed by atoms with Crippen molar-refractivity contribution in [3.05, 3.63) is 91.1 Å². The second-order valence-corrected chi connectivity index (χ2v) is 9.95. The fraction of sp³-hybridized carbons (Fsp3) is 0.200. The van der Waals surface area contributed by atoms with Gasteiger partial charge >= 0.3 is 0 Å². The predicted molar refractivity (Wildman–Crippen MR) is 148 cm³/mol. The number of halogens is 5. The van der Waals surface area contributed by atoms with E-state index in [2.05, 4.69) is 32.3 Å². The average molecular weight is 571 g/mol. The van der Waals surface area contributed by atoms with Crippen LogP contribution in [0, 0.1) is 0 Å². The molecule has 1 saturated heterocycles. The number of pyridine rings is 1. The van der Waals surface area contributed by atoms with Crippen LogP contribution < -0.4 is 10.2 Å². The van der Waals surface area contributed by atoms with Crippen molar-refractivity contribution in [2.24, 2.45) is 0 Å². The van der Waals surface area contributed by atoms with Gasteiger partial charge in [-0.15, -0.1) is 0 Å². The van der Waals surface area contributed by atoms with E-state index >= 15 is 0 Å². The summed E-state index contributed by atoms with van der Waals surface area (Å²) >= 11 is 30.8. The minimum Gasteiger partial charge on any atom is -0.366 e. The van der Waals surface area contributed by atoms with Gasteiger partial charge < -0.3 is 10.2 Å². The summed E-state index contributed by atoms with van der Waals surface area (Å²) in [5.41, 5.74) is 2.65. The number of hydrogen-bond acceptors (Lipinski definition) is 4. The number of amides is 1. The van der Waals surface area contributed by atoms with Crippen LogP contribution in [0.2, 0.25) is 25.4 Å². The molecule has 2 heterocycles. The predicted octanol–water partition coefficient (Wildman–Crippen LogP) is 7.44. The zero-order chi connectivity index (χ0) is 24.9. The maximum atomic E-state index is 12.9. The minimum absolute atomic E-state index is 0.137. The number of carbonyl (C=O) groups is 1. The van der Waals surface area contributed by atoms with Gasteiger partial charge in [0.25, 0.3) is 5.91 Å². The van der Waals surface area contributed by atoms with Crippen LogP contribution in [0.5, 0.6) is 0 Å². The fourth-order valence-corrected chi connectivity index (χ4v) is 4.83. The number of benzene rings is 2. The molecular formula is C25H21Cl5N4O. The molecule has 1 amide bonds. The third kappa shape index (κ3) is 6.82. The van der Waals surface area contributed by atoms with Crippen molar-refractivity contribution in [3.8, 4) is 0 Å². The van der Waals surface area contributed by atoms with Crippen LogP contribution in [0.4, 0.5) is 11.4 Å². The third-order valence-electron chi connectivity index (χ3n) is 5.57. The molecule has 1 aliphatic rings. The van der Waals surface area contributed by atoms with E-state index in [1.165, 1.54) is 12.1 Å². The number of nitrogens with zero attached hydrogens (tertiary/aromatic N) is 3. The molecule has 0 radical (unpaired) electrons. The summed E-state index contributed by atoms with van der Waals surface area (Å²) in [5, 5.41) is 4.72. The first-order valence-corrected chi connectivity index (χ1v) is 12.7. The fourth-order valence-electron chi connectivity index (χ4n) is 3.81. The van der Waals surface area contributed by atoms with E-state index in [1.807, 2.05) is 24.3 Å². The Labute approximate surface area is 229 Å². The average Bonchev–Trinajstić information content (AvgIpc) is 2.83. The number of nitrogens with one attached hydrogen (secondary N) is 1. The second-order valence-electron chi connectivity index (χ2n) is 7.95. The SMILES string of the molecule is O=C(Nc1ccc(Cl)c(Cl)c1N1CCN(CC=Cc2ccc(Cl)cc2)CC1)c1cc(Cl)nc(Cl)c1. The summed E-state index contributed by atoms with van der Waals surface area (Å²) in [6.07, 6.45) is 4.23. The number of rotatable bonds is 6. The highest BCUT2D eigenvalue weighted by molar-refractivity contribution is 6.44.